The Morgan fingerprint density at radius 3 is 2.40 bits per heavy atom. The first-order valence-corrected chi connectivity index (χ1v) is 20.0. The number of rotatable bonds is 5. The van der Waals surface area contributed by atoms with Gasteiger partial charge in [-0.15, -0.1) is 0 Å². The first-order valence-electron chi connectivity index (χ1n) is 15.4. The van der Waals surface area contributed by atoms with Gasteiger partial charge in [-0.1, -0.05) is 0 Å². The van der Waals surface area contributed by atoms with Crippen LogP contribution in [0.25, 0.3) is 22.3 Å². The molecule has 282 valence electrons. The topological polar surface area (TPSA) is 269 Å². The molecule has 0 radical (unpaired) electrons. The van der Waals surface area contributed by atoms with Crippen molar-refractivity contribution in [3.8, 4) is 0 Å². The van der Waals surface area contributed by atoms with Crippen molar-refractivity contribution in [1.82, 2.24) is 39.0 Å². The van der Waals surface area contributed by atoms with E-state index in [9.17, 15) is 23.6 Å². The molecular formula is C26H31F2N9O12P2S. The average Bonchev–Trinajstić information content (AvgIpc) is 3.84. The Bertz CT molecular complexity index is 2150. The summed E-state index contributed by atoms with van der Waals surface area (Å²) in [6.45, 7) is -1.69. The molecule has 3 aliphatic heterocycles. The Hall–Kier alpha value is -3.44. The summed E-state index contributed by atoms with van der Waals surface area (Å²) in [6.07, 6.45) is -10.2. The van der Waals surface area contributed by atoms with Crippen LogP contribution in [0.15, 0.2) is 30.1 Å². The minimum atomic E-state index is -5.25. The Kier molecular flexibility index (Phi) is 9.76. The summed E-state index contributed by atoms with van der Waals surface area (Å²) in [4.78, 5) is 57.9. The Morgan fingerprint density at radius 2 is 1.65 bits per heavy atom. The van der Waals surface area contributed by atoms with Crippen molar-refractivity contribution in [3.05, 3.63) is 35.7 Å². The van der Waals surface area contributed by atoms with E-state index >= 15 is 8.78 Å². The van der Waals surface area contributed by atoms with Gasteiger partial charge in [-0.3, -0.25) is 36.8 Å². The van der Waals surface area contributed by atoms with E-state index in [1.165, 1.54) is 6.33 Å². The maximum Gasteiger partial charge on any atom is 0.472 e. The molecule has 26 heteroatoms. The quantitative estimate of drug-likeness (QED) is 0.149. The molecule has 10 atom stereocenters. The van der Waals surface area contributed by atoms with Gasteiger partial charge in [0.05, 0.1) is 37.6 Å². The fourth-order valence-electron chi connectivity index (χ4n) is 5.57. The van der Waals surface area contributed by atoms with Crippen LogP contribution in [0, 0.1) is 5.41 Å². The van der Waals surface area contributed by atoms with Gasteiger partial charge in [0.15, 0.2) is 47.4 Å². The molecule has 0 spiro atoms. The summed E-state index contributed by atoms with van der Waals surface area (Å²) in [7, 11) is -5.25. The summed E-state index contributed by atoms with van der Waals surface area (Å²) >= 11 is 0.355. The van der Waals surface area contributed by atoms with Gasteiger partial charge in [-0.2, -0.15) is 0 Å². The number of hydrogen-bond acceptors (Lipinski definition) is 18. The van der Waals surface area contributed by atoms with E-state index in [-0.39, 0.29) is 28.1 Å². The van der Waals surface area contributed by atoms with E-state index in [0.717, 1.165) is 28.1 Å². The molecule has 4 aromatic heterocycles. The number of halogens is 2. The highest BCUT2D eigenvalue weighted by molar-refractivity contribution is 8.55. The molecule has 0 amide bonds. The highest BCUT2D eigenvalue weighted by atomic mass is 32.7. The van der Waals surface area contributed by atoms with Gasteiger partial charge < -0.3 is 29.8 Å². The number of phosphoric acid groups is 1. The van der Waals surface area contributed by atoms with Crippen molar-refractivity contribution in [3.63, 3.8) is 0 Å². The number of nitrogen functional groups attached to an aromatic ring is 1. The number of hydrogen-bond donors (Lipinski definition) is 3. The Balaban J connectivity index is 1.23. The minimum absolute atomic E-state index is 0.00985. The highest BCUT2D eigenvalue weighted by Crippen LogP contribution is 2.64. The number of nitrogens with one attached hydrogen (secondary N) is 1. The maximum atomic E-state index is 16.5. The van der Waals surface area contributed by atoms with Crippen LogP contribution < -0.4 is 11.3 Å². The molecule has 2 unspecified atom stereocenters. The molecule has 3 saturated heterocycles. The van der Waals surface area contributed by atoms with E-state index < -0.39 is 99.9 Å². The number of aromatic amines is 1. The zero-order chi connectivity index (χ0) is 37.2. The number of carbonyl (C=O) groups excluding carboxylic acids is 1. The molecule has 21 nitrogen and oxygen atoms in total. The highest BCUT2D eigenvalue weighted by Gasteiger charge is 2.55. The fourth-order valence-corrected chi connectivity index (χ4v) is 9.30. The standard InChI is InChI=1S/C26H31F2N9O12P2S/c1-26(2,3)25(39)43-10-52-51(42)45-4-11-13(27)18(24(46-11)37-9-35-16-21(37)32-7-33-22(16)38)48-50(40,41)44-5-12-17(49-51)14(28)23(47-12)36-8-34-15-19(29)30-6-31-20(15)36/h6-9,11-14,17-18,23-24H,4-5,10H2,1-3H3,(H,40,41)(H2,29,30,31)(H,32,33,38)/t11-,12-,13+,14-,17-,18-,23-,24-,51?/m1/s1. The van der Waals surface area contributed by atoms with Crippen LogP contribution in [-0.4, -0.2) is 106 Å². The van der Waals surface area contributed by atoms with Crippen molar-refractivity contribution in [2.75, 3.05) is 24.9 Å². The number of anilines is 1. The Morgan fingerprint density at radius 1 is 0.981 bits per heavy atom. The SMILES string of the molecule is CC(C)(C)C(=O)OCSP1(=O)OC[C@H]2O[C@@H](n3cnc4c(=O)[nH]cnc43)[C@H](OP(=O)(O)OC[C@H]3O[C@@H](n4cnc5c(N)ncnc54)[C@H](F)[C@@H]3O1)[C@H]2F. The lowest BCUT2D eigenvalue weighted by Crippen LogP contribution is -2.34. The van der Waals surface area contributed by atoms with Crippen LogP contribution in [-0.2, 0) is 46.2 Å². The first-order chi connectivity index (χ1) is 24.6. The molecule has 52 heavy (non-hydrogen) atoms. The number of nitrogens with two attached hydrogens (primary N) is 1. The number of H-pyrrole nitrogens is 1. The van der Waals surface area contributed by atoms with Crippen LogP contribution in [0.3, 0.4) is 0 Å². The van der Waals surface area contributed by atoms with Crippen LogP contribution in [0.5, 0.6) is 0 Å². The fraction of sp³-hybridized carbons (Fsp3) is 0.577. The van der Waals surface area contributed by atoms with Gasteiger partial charge in [0, 0.05) is 11.4 Å². The van der Waals surface area contributed by atoms with E-state index in [1.54, 1.807) is 20.8 Å². The first kappa shape index (κ1) is 36.9. The number of ether oxygens (including phenoxy) is 3. The summed E-state index contributed by atoms with van der Waals surface area (Å²) in [5.41, 5.74) is 4.24. The summed E-state index contributed by atoms with van der Waals surface area (Å²) in [5.74, 6) is -1.28. The Labute approximate surface area is 294 Å². The smallest absolute Gasteiger partial charge is 0.454 e. The monoisotopic (exact) mass is 793 g/mol. The molecule has 0 aliphatic carbocycles. The van der Waals surface area contributed by atoms with Crippen LogP contribution in [0.2, 0.25) is 0 Å². The lowest BCUT2D eigenvalue weighted by atomic mass is 9.98. The number of alkyl halides is 2. The van der Waals surface area contributed by atoms with Crippen molar-refractivity contribution in [2.24, 2.45) is 5.41 Å². The average molecular weight is 794 g/mol. The van der Waals surface area contributed by atoms with Crippen LogP contribution >= 0.6 is 26.0 Å². The van der Waals surface area contributed by atoms with Gasteiger partial charge in [0.25, 0.3) is 5.56 Å². The molecule has 3 fully saturated rings. The third-order valence-electron chi connectivity index (χ3n) is 8.15. The van der Waals surface area contributed by atoms with Gasteiger partial charge in [0.1, 0.15) is 42.2 Å². The van der Waals surface area contributed by atoms with Crippen molar-refractivity contribution >= 4 is 60.1 Å². The van der Waals surface area contributed by atoms with E-state index in [1.807, 2.05) is 0 Å². The second-order valence-corrected chi connectivity index (χ2v) is 18.1. The predicted octanol–water partition coefficient (Wildman–Crippen LogP) is 2.32. The predicted molar refractivity (Wildman–Crippen MR) is 173 cm³/mol. The van der Waals surface area contributed by atoms with Crippen LogP contribution in [0.1, 0.15) is 33.2 Å². The molecular weight excluding hydrogens is 762 g/mol. The van der Waals surface area contributed by atoms with Gasteiger partial charge >= 0.3 is 20.6 Å². The van der Waals surface area contributed by atoms with Crippen molar-refractivity contribution in [2.45, 2.75) is 70.0 Å². The zero-order valence-corrected chi connectivity index (χ0v) is 29.9. The molecule has 2 bridgehead atoms. The summed E-state index contributed by atoms with van der Waals surface area (Å²) in [5, 5.41) is 0. The number of phosphoric ester groups is 1. The molecule has 7 rings (SSSR count). The lowest BCUT2D eigenvalue weighted by molar-refractivity contribution is -0.150. The lowest BCUT2D eigenvalue weighted by Gasteiger charge is -2.27. The van der Waals surface area contributed by atoms with Gasteiger partial charge in [0.2, 0.25) is 0 Å². The number of fused-ring (bicyclic) bond motifs is 5. The number of carbonyl (C=O) groups is 1. The largest absolute Gasteiger partial charge is 0.472 e. The molecule has 7 heterocycles. The van der Waals surface area contributed by atoms with E-state index in [4.69, 9.17) is 38.0 Å². The molecule has 4 aromatic rings. The number of aromatic nitrogens is 8. The molecule has 3 aliphatic rings. The molecule has 0 aromatic carbocycles. The van der Waals surface area contributed by atoms with Gasteiger partial charge in [-0.05, 0) is 20.8 Å². The maximum absolute atomic E-state index is 16.5. The summed E-state index contributed by atoms with van der Waals surface area (Å²) in [6, 6.07) is 0. The third kappa shape index (κ3) is 6.99. The number of nitrogens with zero attached hydrogens (tertiary/aromatic N) is 7. The van der Waals surface area contributed by atoms with Crippen LogP contribution in [0.4, 0.5) is 14.6 Å². The van der Waals surface area contributed by atoms with Crippen molar-refractivity contribution in [1.29, 1.82) is 0 Å². The summed E-state index contributed by atoms with van der Waals surface area (Å²) < 4.78 is 101. The molecule has 4 N–H and O–H groups in total. The van der Waals surface area contributed by atoms with E-state index in [2.05, 4.69) is 29.9 Å². The van der Waals surface area contributed by atoms with Gasteiger partial charge in [-0.25, -0.2) is 42.8 Å². The second-order valence-electron chi connectivity index (χ2n) is 12.7. The van der Waals surface area contributed by atoms with Crippen molar-refractivity contribution < 1.29 is 59.9 Å². The number of esters is 1. The zero-order valence-electron chi connectivity index (χ0n) is 27.3. The normalized spacial score (nSPS) is 34.4. The minimum Gasteiger partial charge on any atom is -0.454 e. The van der Waals surface area contributed by atoms with E-state index in [0.29, 0.717) is 11.4 Å². The molecule has 0 saturated carbocycles. The number of imidazole rings is 2. The second kappa shape index (κ2) is 13.8. The third-order valence-corrected chi connectivity index (χ3v) is 12.5.